The van der Waals surface area contributed by atoms with E-state index in [4.69, 9.17) is 11.6 Å². The van der Waals surface area contributed by atoms with Gasteiger partial charge >= 0.3 is 0 Å². The van der Waals surface area contributed by atoms with Gasteiger partial charge in [0.1, 0.15) is 5.82 Å². The zero-order chi connectivity index (χ0) is 13.0. The number of hydrogen-bond donors (Lipinski definition) is 1. The van der Waals surface area contributed by atoms with Crippen LogP contribution in [0.25, 0.3) is 0 Å². The lowest BCUT2D eigenvalue weighted by Crippen LogP contribution is -2.29. The summed E-state index contributed by atoms with van der Waals surface area (Å²) in [7, 11) is 3.89. The van der Waals surface area contributed by atoms with Crippen molar-refractivity contribution in [3.63, 3.8) is 0 Å². The van der Waals surface area contributed by atoms with Crippen LogP contribution in [0.1, 0.15) is 24.9 Å². The first kappa shape index (κ1) is 14.4. The molecule has 0 bridgehead atoms. The van der Waals surface area contributed by atoms with Crippen molar-refractivity contribution in [2.24, 2.45) is 5.92 Å². The second-order valence-electron chi connectivity index (χ2n) is 4.43. The fourth-order valence-corrected chi connectivity index (χ4v) is 2.33. The van der Waals surface area contributed by atoms with Crippen molar-refractivity contribution in [3.8, 4) is 0 Å². The topological polar surface area (TPSA) is 23.5 Å². The molecule has 96 valence electrons. The van der Waals surface area contributed by atoms with Crippen molar-refractivity contribution in [2.45, 2.75) is 19.4 Å². The van der Waals surface area contributed by atoms with E-state index in [2.05, 4.69) is 0 Å². The molecule has 0 spiro atoms. The molecule has 0 saturated carbocycles. The van der Waals surface area contributed by atoms with E-state index in [9.17, 15) is 9.50 Å². The van der Waals surface area contributed by atoms with E-state index in [0.29, 0.717) is 0 Å². The molecule has 2 unspecified atom stereocenters. The molecule has 0 aliphatic rings. The Morgan fingerprint density at radius 3 is 2.47 bits per heavy atom. The monoisotopic (exact) mass is 259 g/mol. The van der Waals surface area contributed by atoms with E-state index < -0.39 is 5.82 Å². The molecule has 2 nitrogen and oxygen atoms in total. The molecule has 0 fully saturated rings. The molecule has 0 aliphatic carbocycles. The minimum atomic E-state index is -0.412. The summed E-state index contributed by atoms with van der Waals surface area (Å²) in [6.07, 6.45) is 0.855. The lowest BCUT2D eigenvalue weighted by atomic mass is 9.90. The SMILES string of the molecule is CCC(CO)C(c1ccc(F)c(Cl)c1)N(C)C. The van der Waals surface area contributed by atoms with Gasteiger partial charge in [-0.05, 0) is 38.2 Å². The molecule has 1 aromatic rings. The highest BCUT2D eigenvalue weighted by Gasteiger charge is 2.23. The molecule has 2 atom stereocenters. The smallest absolute Gasteiger partial charge is 0.141 e. The van der Waals surface area contributed by atoms with E-state index in [1.807, 2.05) is 25.9 Å². The molecule has 0 aliphatic heterocycles. The van der Waals surface area contributed by atoms with Crippen LogP contribution >= 0.6 is 11.6 Å². The summed E-state index contributed by atoms with van der Waals surface area (Å²) in [5.41, 5.74) is 0.933. The number of aliphatic hydroxyl groups is 1. The average molecular weight is 260 g/mol. The van der Waals surface area contributed by atoms with Crippen molar-refractivity contribution < 1.29 is 9.50 Å². The maximum atomic E-state index is 13.1. The summed E-state index contributed by atoms with van der Waals surface area (Å²) in [4.78, 5) is 2.02. The molecule has 0 heterocycles. The predicted molar refractivity (Wildman–Crippen MR) is 68.7 cm³/mol. The molecule has 1 rings (SSSR count). The van der Waals surface area contributed by atoms with Gasteiger partial charge in [0, 0.05) is 18.6 Å². The van der Waals surface area contributed by atoms with E-state index in [-0.39, 0.29) is 23.6 Å². The van der Waals surface area contributed by atoms with Crippen LogP contribution < -0.4 is 0 Å². The minimum Gasteiger partial charge on any atom is -0.396 e. The van der Waals surface area contributed by atoms with Gasteiger partial charge in [0.25, 0.3) is 0 Å². The highest BCUT2D eigenvalue weighted by molar-refractivity contribution is 6.30. The van der Waals surface area contributed by atoms with Gasteiger partial charge in [-0.2, -0.15) is 0 Å². The van der Waals surface area contributed by atoms with Gasteiger partial charge in [-0.3, -0.25) is 0 Å². The van der Waals surface area contributed by atoms with Crippen LogP contribution in [0.4, 0.5) is 4.39 Å². The van der Waals surface area contributed by atoms with Crippen LogP contribution in [-0.2, 0) is 0 Å². The first-order valence-electron chi connectivity index (χ1n) is 5.73. The number of aliphatic hydroxyl groups excluding tert-OH is 1. The molecular weight excluding hydrogens is 241 g/mol. The number of halogens is 2. The Bertz CT molecular complexity index is 366. The van der Waals surface area contributed by atoms with Crippen LogP contribution in [-0.4, -0.2) is 30.7 Å². The van der Waals surface area contributed by atoms with Crippen molar-refractivity contribution in [1.29, 1.82) is 0 Å². The Kier molecular flexibility index (Phi) is 5.37. The summed E-state index contributed by atoms with van der Waals surface area (Å²) in [6.45, 7) is 2.14. The summed E-state index contributed by atoms with van der Waals surface area (Å²) < 4.78 is 13.1. The fraction of sp³-hybridized carbons (Fsp3) is 0.538. The third-order valence-electron chi connectivity index (χ3n) is 3.05. The van der Waals surface area contributed by atoms with Crippen molar-refractivity contribution >= 4 is 11.6 Å². The first-order chi connectivity index (χ1) is 8.01. The highest BCUT2D eigenvalue weighted by atomic mass is 35.5. The van der Waals surface area contributed by atoms with Gasteiger partial charge < -0.3 is 10.0 Å². The summed E-state index contributed by atoms with van der Waals surface area (Å²) in [5.74, 6) is -0.295. The molecule has 0 saturated heterocycles. The van der Waals surface area contributed by atoms with E-state index >= 15 is 0 Å². The van der Waals surface area contributed by atoms with E-state index in [1.165, 1.54) is 6.07 Å². The molecule has 0 radical (unpaired) electrons. The van der Waals surface area contributed by atoms with Gasteiger partial charge in [-0.25, -0.2) is 4.39 Å². The number of benzene rings is 1. The minimum absolute atomic E-state index is 0.0445. The van der Waals surface area contributed by atoms with Crippen LogP contribution in [0.15, 0.2) is 18.2 Å². The molecule has 0 amide bonds. The lowest BCUT2D eigenvalue weighted by molar-refractivity contribution is 0.130. The summed E-state index contributed by atoms with van der Waals surface area (Å²) in [6, 6.07) is 4.78. The zero-order valence-electron chi connectivity index (χ0n) is 10.5. The third kappa shape index (κ3) is 3.41. The normalized spacial score (nSPS) is 15.0. The maximum Gasteiger partial charge on any atom is 0.141 e. The van der Waals surface area contributed by atoms with Crippen LogP contribution in [0, 0.1) is 11.7 Å². The van der Waals surface area contributed by atoms with Gasteiger partial charge in [0.15, 0.2) is 0 Å². The van der Waals surface area contributed by atoms with Crippen LogP contribution in [0.3, 0.4) is 0 Å². The quantitative estimate of drug-likeness (QED) is 0.878. The second kappa shape index (κ2) is 6.34. The highest BCUT2D eigenvalue weighted by Crippen LogP contribution is 2.31. The van der Waals surface area contributed by atoms with Crippen molar-refractivity contribution in [1.82, 2.24) is 4.90 Å². The van der Waals surface area contributed by atoms with Crippen LogP contribution in [0.2, 0.25) is 5.02 Å². The Hall–Kier alpha value is -0.640. The standard InChI is InChI=1S/C13H19ClFNO/c1-4-9(8-17)13(16(2)3)10-5-6-12(15)11(14)7-10/h5-7,9,13,17H,4,8H2,1-3H3. The van der Waals surface area contributed by atoms with Gasteiger partial charge in [-0.1, -0.05) is 24.6 Å². The van der Waals surface area contributed by atoms with Gasteiger partial charge in [-0.15, -0.1) is 0 Å². The Morgan fingerprint density at radius 1 is 1.41 bits per heavy atom. The zero-order valence-corrected chi connectivity index (χ0v) is 11.2. The molecule has 1 aromatic carbocycles. The average Bonchev–Trinajstić information content (AvgIpc) is 2.29. The van der Waals surface area contributed by atoms with E-state index in [0.717, 1.165) is 12.0 Å². The Labute approximate surface area is 107 Å². The van der Waals surface area contributed by atoms with Crippen LogP contribution in [0.5, 0.6) is 0 Å². The maximum absolute atomic E-state index is 13.1. The third-order valence-corrected chi connectivity index (χ3v) is 3.34. The first-order valence-corrected chi connectivity index (χ1v) is 6.11. The fourth-order valence-electron chi connectivity index (χ4n) is 2.14. The van der Waals surface area contributed by atoms with Crippen molar-refractivity contribution in [2.75, 3.05) is 20.7 Å². The van der Waals surface area contributed by atoms with E-state index in [1.54, 1.807) is 12.1 Å². The second-order valence-corrected chi connectivity index (χ2v) is 4.84. The molecular formula is C13H19ClFNO. The Balaban J connectivity index is 3.09. The molecule has 1 N–H and O–H groups in total. The largest absolute Gasteiger partial charge is 0.396 e. The van der Waals surface area contributed by atoms with Crippen molar-refractivity contribution in [3.05, 3.63) is 34.6 Å². The number of nitrogens with zero attached hydrogens (tertiary/aromatic N) is 1. The van der Waals surface area contributed by atoms with Gasteiger partial charge in [0.05, 0.1) is 5.02 Å². The predicted octanol–water partition coefficient (Wildman–Crippen LogP) is 3.10. The molecule has 0 aromatic heterocycles. The Morgan fingerprint density at radius 2 is 2.06 bits per heavy atom. The number of hydrogen-bond acceptors (Lipinski definition) is 2. The molecule has 4 heteroatoms. The number of rotatable bonds is 5. The summed E-state index contributed by atoms with van der Waals surface area (Å²) >= 11 is 5.80. The summed E-state index contributed by atoms with van der Waals surface area (Å²) in [5, 5.41) is 9.52. The molecule has 17 heavy (non-hydrogen) atoms. The lowest BCUT2D eigenvalue weighted by Gasteiger charge is -2.31. The van der Waals surface area contributed by atoms with Gasteiger partial charge in [0.2, 0.25) is 0 Å².